The van der Waals surface area contributed by atoms with Gasteiger partial charge in [0.15, 0.2) is 0 Å². The van der Waals surface area contributed by atoms with Gasteiger partial charge in [-0.15, -0.1) is 11.3 Å². The third kappa shape index (κ3) is 6.18. The zero-order valence-corrected chi connectivity index (χ0v) is 15.1. The molecule has 2 rings (SSSR count). The smallest absolute Gasteiger partial charge is 0.226 e. The first-order chi connectivity index (χ1) is 11.1. The van der Waals surface area contributed by atoms with Crippen molar-refractivity contribution < 1.29 is 4.79 Å². The molecule has 0 aliphatic carbocycles. The van der Waals surface area contributed by atoms with Crippen LogP contribution in [-0.2, 0) is 11.2 Å². The zero-order valence-electron chi connectivity index (χ0n) is 14.3. The maximum atomic E-state index is 11.9. The molecule has 1 atom stereocenters. The van der Waals surface area contributed by atoms with E-state index in [0.29, 0.717) is 6.42 Å². The molecule has 1 aromatic rings. The summed E-state index contributed by atoms with van der Waals surface area (Å²) >= 11 is 1.52. The number of aromatic nitrogens is 1. The van der Waals surface area contributed by atoms with Crippen molar-refractivity contribution in [1.29, 1.82) is 0 Å². The first-order valence-electron chi connectivity index (χ1n) is 8.49. The third-order valence-electron chi connectivity index (χ3n) is 4.19. The Bertz CT molecular complexity index is 483. The summed E-state index contributed by atoms with van der Waals surface area (Å²) < 4.78 is 0. The van der Waals surface area contributed by atoms with Crippen molar-refractivity contribution in [2.75, 3.05) is 45.8 Å². The van der Waals surface area contributed by atoms with Gasteiger partial charge in [-0.3, -0.25) is 4.79 Å². The van der Waals surface area contributed by atoms with Gasteiger partial charge >= 0.3 is 0 Å². The van der Waals surface area contributed by atoms with E-state index in [0.717, 1.165) is 62.9 Å². The summed E-state index contributed by atoms with van der Waals surface area (Å²) in [5.41, 5.74) is 6.60. The molecule has 23 heavy (non-hydrogen) atoms. The SMILES string of the molecule is CCN1CCN(CCCNC(=O)Cc2csc(C(C)N)n2)CC1. The molecule has 0 radical (unpaired) electrons. The van der Waals surface area contributed by atoms with E-state index in [1.807, 2.05) is 12.3 Å². The van der Waals surface area contributed by atoms with Crippen LogP contribution in [-0.4, -0.2) is 66.5 Å². The molecule has 0 bridgehead atoms. The van der Waals surface area contributed by atoms with Gasteiger partial charge in [-0.25, -0.2) is 4.98 Å². The highest BCUT2D eigenvalue weighted by Crippen LogP contribution is 2.15. The topological polar surface area (TPSA) is 74.5 Å². The summed E-state index contributed by atoms with van der Waals surface area (Å²) in [5.74, 6) is 0.0438. The highest BCUT2D eigenvalue weighted by Gasteiger charge is 2.15. The minimum absolute atomic E-state index is 0.0438. The van der Waals surface area contributed by atoms with Crippen molar-refractivity contribution in [2.24, 2.45) is 5.73 Å². The van der Waals surface area contributed by atoms with Crippen LogP contribution in [0.1, 0.15) is 37.0 Å². The number of rotatable bonds is 8. The fourth-order valence-corrected chi connectivity index (χ4v) is 3.48. The number of nitrogens with zero attached hydrogens (tertiary/aromatic N) is 3. The van der Waals surface area contributed by atoms with Crippen molar-refractivity contribution in [3.05, 3.63) is 16.1 Å². The van der Waals surface area contributed by atoms with Crippen LogP contribution in [0.25, 0.3) is 0 Å². The van der Waals surface area contributed by atoms with Gasteiger partial charge in [0.25, 0.3) is 0 Å². The predicted molar refractivity (Wildman–Crippen MR) is 94.6 cm³/mol. The van der Waals surface area contributed by atoms with Crippen LogP contribution < -0.4 is 11.1 Å². The van der Waals surface area contributed by atoms with Gasteiger partial charge in [-0.1, -0.05) is 6.92 Å². The van der Waals surface area contributed by atoms with Crippen molar-refractivity contribution in [2.45, 2.75) is 32.7 Å². The van der Waals surface area contributed by atoms with Gasteiger partial charge in [0.05, 0.1) is 18.2 Å². The van der Waals surface area contributed by atoms with E-state index in [2.05, 4.69) is 27.0 Å². The average Bonchev–Trinajstić information content (AvgIpc) is 3.01. The van der Waals surface area contributed by atoms with E-state index in [4.69, 9.17) is 5.73 Å². The molecule has 3 N–H and O–H groups in total. The van der Waals surface area contributed by atoms with Crippen LogP contribution >= 0.6 is 11.3 Å². The Morgan fingerprint density at radius 1 is 1.39 bits per heavy atom. The monoisotopic (exact) mass is 339 g/mol. The Morgan fingerprint density at radius 2 is 2.09 bits per heavy atom. The first-order valence-corrected chi connectivity index (χ1v) is 9.37. The van der Waals surface area contributed by atoms with E-state index < -0.39 is 0 Å². The zero-order chi connectivity index (χ0) is 16.7. The van der Waals surface area contributed by atoms with E-state index in [9.17, 15) is 4.79 Å². The number of nitrogens with one attached hydrogen (secondary N) is 1. The molecular weight excluding hydrogens is 310 g/mol. The van der Waals surface area contributed by atoms with Crippen LogP contribution in [0.15, 0.2) is 5.38 Å². The number of carbonyl (C=O) groups excluding carboxylic acids is 1. The van der Waals surface area contributed by atoms with Crippen LogP contribution in [0.5, 0.6) is 0 Å². The van der Waals surface area contributed by atoms with E-state index >= 15 is 0 Å². The van der Waals surface area contributed by atoms with Crippen molar-refractivity contribution >= 4 is 17.2 Å². The van der Waals surface area contributed by atoms with Crippen molar-refractivity contribution in [1.82, 2.24) is 20.1 Å². The molecule has 6 nitrogen and oxygen atoms in total. The Morgan fingerprint density at radius 3 is 2.70 bits per heavy atom. The fraction of sp³-hybridized carbons (Fsp3) is 0.750. The quantitative estimate of drug-likeness (QED) is 0.687. The summed E-state index contributed by atoms with van der Waals surface area (Å²) in [4.78, 5) is 21.3. The Kier molecular flexibility index (Phi) is 7.42. The van der Waals surface area contributed by atoms with Gasteiger partial charge in [0.1, 0.15) is 5.01 Å². The van der Waals surface area contributed by atoms with Gasteiger partial charge < -0.3 is 20.9 Å². The fourth-order valence-electron chi connectivity index (χ4n) is 2.70. The second kappa shape index (κ2) is 9.32. The minimum atomic E-state index is -0.0648. The van der Waals surface area contributed by atoms with Crippen LogP contribution in [0, 0.1) is 0 Å². The highest BCUT2D eigenvalue weighted by atomic mass is 32.1. The van der Waals surface area contributed by atoms with Crippen LogP contribution in [0.2, 0.25) is 0 Å². The van der Waals surface area contributed by atoms with Gasteiger partial charge in [0, 0.05) is 38.1 Å². The van der Waals surface area contributed by atoms with E-state index in [1.165, 1.54) is 11.3 Å². The number of amides is 1. The second-order valence-corrected chi connectivity index (χ2v) is 7.01. The van der Waals surface area contributed by atoms with Crippen LogP contribution in [0.4, 0.5) is 0 Å². The van der Waals surface area contributed by atoms with Crippen molar-refractivity contribution in [3.8, 4) is 0 Å². The maximum absolute atomic E-state index is 11.9. The number of carbonyl (C=O) groups is 1. The summed E-state index contributed by atoms with van der Waals surface area (Å²) in [6, 6.07) is -0.0648. The lowest BCUT2D eigenvalue weighted by molar-refractivity contribution is -0.120. The largest absolute Gasteiger partial charge is 0.356 e. The molecule has 1 aliphatic rings. The molecule has 0 saturated carbocycles. The van der Waals surface area contributed by atoms with Crippen LogP contribution in [0.3, 0.4) is 0 Å². The summed E-state index contributed by atoms with van der Waals surface area (Å²) in [6.45, 7) is 11.7. The lowest BCUT2D eigenvalue weighted by atomic mass is 10.2. The lowest BCUT2D eigenvalue weighted by Gasteiger charge is -2.33. The molecular formula is C16H29N5OS. The predicted octanol–water partition coefficient (Wildman–Crippen LogP) is 0.849. The number of likely N-dealkylation sites (N-methyl/N-ethyl adjacent to an activating group) is 1. The van der Waals surface area contributed by atoms with E-state index in [-0.39, 0.29) is 11.9 Å². The number of piperazine rings is 1. The van der Waals surface area contributed by atoms with Crippen molar-refractivity contribution in [3.63, 3.8) is 0 Å². The molecule has 1 fully saturated rings. The summed E-state index contributed by atoms with van der Waals surface area (Å²) in [5, 5.41) is 5.80. The molecule has 2 heterocycles. The Hall–Kier alpha value is -1.02. The molecule has 1 aliphatic heterocycles. The normalized spacial score (nSPS) is 18.0. The molecule has 7 heteroatoms. The molecule has 1 saturated heterocycles. The maximum Gasteiger partial charge on any atom is 0.226 e. The Balaban J connectivity index is 1.58. The highest BCUT2D eigenvalue weighted by molar-refractivity contribution is 7.09. The van der Waals surface area contributed by atoms with Gasteiger partial charge in [0.2, 0.25) is 5.91 Å². The number of hydrogen-bond acceptors (Lipinski definition) is 6. The first kappa shape index (κ1) is 18.3. The van der Waals surface area contributed by atoms with Gasteiger partial charge in [-0.05, 0) is 26.4 Å². The number of nitrogens with two attached hydrogens (primary N) is 1. The van der Waals surface area contributed by atoms with Gasteiger partial charge in [-0.2, -0.15) is 0 Å². The average molecular weight is 340 g/mol. The molecule has 1 aromatic heterocycles. The van der Waals surface area contributed by atoms with E-state index in [1.54, 1.807) is 0 Å². The number of hydrogen-bond donors (Lipinski definition) is 2. The minimum Gasteiger partial charge on any atom is -0.356 e. The molecule has 130 valence electrons. The molecule has 1 unspecified atom stereocenters. The molecule has 0 spiro atoms. The second-order valence-electron chi connectivity index (χ2n) is 6.12. The summed E-state index contributed by atoms with van der Waals surface area (Å²) in [7, 11) is 0. The molecule has 1 amide bonds. The standard InChI is InChI=1S/C16H29N5OS/c1-3-20-7-9-21(10-8-20)6-4-5-18-15(22)11-14-12-23-16(19-14)13(2)17/h12-13H,3-11,17H2,1-2H3,(H,18,22). The Labute approximate surface area is 143 Å². The summed E-state index contributed by atoms with van der Waals surface area (Å²) in [6.07, 6.45) is 1.35. The third-order valence-corrected chi connectivity index (χ3v) is 5.28. The lowest BCUT2D eigenvalue weighted by Crippen LogP contribution is -2.46. The number of thiazole rings is 1. The molecule has 0 aromatic carbocycles.